The second-order valence-electron chi connectivity index (χ2n) is 6.10. The van der Waals surface area contributed by atoms with Gasteiger partial charge in [0.25, 0.3) is 5.91 Å². The monoisotopic (exact) mass is 367 g/mol. The summed E-state index contributed by atoms with van der Waals surface area (Å²) in [7, 11) is 1.72. The van der Waals surface area contributed by atoms with Gasteiger partial charge in [0.1, 0.15) is 5.75 Å². The summed E-state index contributed by atoms with van der Waals surface area (Å²) in [5.41, 5.74) is 7.47. The van der Waals surface area contributed by atoms with Gasteiger partial charge in [-0.1, -0.05) is 5.21 Å². The molecule has 25 heavy (non-hydrogen) atoms. The summed E-state index contributed by atoms with van der Waals surface area (Å²) in [4.78, 5) is 14.1. The average molecular weight is 368 g/mol. The molecule has 2 N–H and O–H groups in total. The molecule has 0 bridgehead atoms. The van der Waals surface area contributed by atoms with Gasteiger partial charge in [-0.25, -0.2) is 4.68 Å². The average Bonchev–Trinajstić information content (AvgIpc) is 2.94. The minimum absolute atomic E-state index is 0. The van der Waals surface area contributed by atoms with Crippen LogP contribution in [0.3, 0.4) is 0 Å². The first-order valence-corrected chi connectivity index (χ1v) is 8.01. The molecule has 0 fully saturated rings. The Balaban J connectivity index is 0.00000312. The molecule has 2 aromatic rings. The van der Waals surface area contributed by atoms with Crippen molar-refractivity contribution < 1.29 is 9.53 Å². The topological polar surface area (TPSA) is 86.3 Å². The molecule has 2 rings (SSSR count). The van der Waals surface area contributed by atoms with Crippen LogP contribution in [0.1, 0.15) is 37.0 Å². The number of ether oxygens (including phenoxy) is 1. The Morgan fingerprint density at radius 1 is 1.28 bits per heavy atom. The summed E-state index contributed by atoms with van der Waals surface area (Å²) in [6.07, 6.45) is 0.119. The predicted molar refractivity (Wildman–Crippen MR) is 99.7 cm³/mol. The minimum Gasteiger partial charge on any atom is -0.491 e. The van der Waals surface area contributed by atoms with Crippen LogP contribution in [-0.2, 0) is 0 Å². The Bertz CT molecular complexity index is 700. The second kappa shape index (κ2) is 8.82. The predicted octanol–water partition coefficient (Wildman–Crippen LogP) is 2.20. The molecule has 1 amide bonds. The van der Waals surface area contributed by atoms with Crippen molar-refractivity contribution in [2.24, 2.45) is 5.73 Å². The molecular weight excluding hydrogens is 342 g/mol. The maximum absolute atomic E-state index is 12.5. The van der Waals surface area contributed by atoms with Crippen LogP contribution in [0.4, 0.5) is 0 Å². The number of amides is 1. The first-order chi connectivity index (χ1) is 11.3. The molecule has 1 heterocycles. The number of carbonyl (C=O) groups is 1. The summed E-state index contributed by atoms with van der Waals surface area (Å²) >= 11 is 0. The van der Waals surface area contributed by atoms with Gasteiger partial charge in [-0.15, -0.1) is 17.5 Å². The van der Waals surface area contributed by atoms with Gasteiger partial charge in [0, 0.05) is 19.6 Å². The Labute approximate surface area is 154 Å². The fourth-order valence-electron chi connectivity index (χ4n) is 2.24. The van der Waals surface area contributed by atoms with Gasteiger partial charge in [-0.05, 0) is 52.0 Å². The molecule has 1 aromatic carbocycles. The number of hydrogen-bond donors (Lipinski definition) is 1. The van der Waals surface area contributed by atoms with Crippen LogP contribution in [-0.4, -0.2) is 51.5 Å². The lowest BCUT2D eigenvalue weighted by Crippen LogP contribution is -2.40. The zero-order valence-electron chi connectivity index (χ0n) is 15.3. The molecule has 0 radical (unpaired) electrons. The quantitative estimate of drug-likeness (QED) is 0.845. The van der Waals surface area contributed by atoms with Gasteiger partial charge in [0.05, 0.1) is 17.5 Å². The van der Waals surface area contributed by atoms with Crippen LogP contribution in [0.5, 0.6) is 5.75 Å². The van der Waals surface area contributed by atoms with E-state index in [2.05, 4.69) is 10.3 Å². The van der Waals surface area contributed by atoms with Crippen molar-refractivity contribution in [3.63, 3.8) is 0 Å². The van der Waals surface area contributed by atoms with E-state index in [0.29, 0.717) is 17.9 Å². The van der Waals surface area contributed by atoms with Crippen molar-refractivity contribution in [1.82, 2.24) is 19.9 Å². The first kappa shape index (κ1) is 20.9. The highest BCUT2D eigenvalue weighted by molar-refractivity contribution is 5.93. The van der Waals surface area contributed by atoms with Gasteiger partial charge in [0.2, 0.25) is 0 Å². The number of halogens is 1. The van der Waals surface area contributed by atoms with Crippen LogP contribution in [0.2, 0.25) is 0 Å². The first-order valence-electron chi connectivity index (χ1n) is 8.01. The van der Waals surface area contributed by atoms with Crippen LogP contribution < -0.4 is 10.5 Å². The zero-order valence-corrected chi connectivity index (χ0v) is 16.1. The maximum Gasteiger partial charge on any atom is 0.276 e. The molecule has 7 nitrogen and oxygen atoms in total. The SMILES string of the molecule is Cc1c(C(=O)N(C)C(C)CN)nnn1-c1ccc(OC(C)C)cc1.Cl. The van der Waals surface area contributed by atoms with Crippen LogP contribution in [0.15, 0.2) is 24.3 Å². The van der Waals surface area contributed by atoms with Gasteiger partial charge in [0.15, 0.2) is 5.69 Å². The maximum atomic E-state index is 12.5. The summed E-state index contributed by atoms with van der Waals surface area (Å²) < 4.78 is 7.28. The third-order valence-corrected chi connectivity index (χ3v) is 3.87. The van der Waals surface area contributed by atoms with E-state index < -0.39 is 0 Å². The molecule has 1 unspecified atom stereocenters. The normalized spacial score (nSPS) is 11.8. The molecule has 0 saturated carbocycles. The van der Waals surface area contributed by atoms with Gasteiger partial charge < -0.3 is 15.4 Å². The highest BCUT2D eigenvalue weighted by Crippen LogP contribution is 2.18. The highest BCUT2D eigenvalue weighted by atomic mass is 35.5. The molecule has 0 aliphatic heterocycles. The molecule has 0 saturated heterocycles. The molecular formula is C17H26ClN5O2. The van der Waals surface area contributed by atoms with E-state index in [0.717, 1.165) is 11.4 Å². The number of benzene rings is 1. The number of rotatable bonds is 6. The van der Waals surface area contributed by atoms with E-state index >= 15 is 0 Å². The second-order valence-corrected chi connectivity index (χ2v) is 6.10. The summed E-state index contributed by atoms with van der Waals surface area (Å²) in [6, 6.07) is 7.47. The third-order valence-electron chi connectivity index (χ3n) is 3.87. The van der Waals surface area contributed by atoms with Crippen LogP contribution in [0, 0.1) is 6.92 Å². The number of nitrogens with two attached hydrogens (primary N) is 1. The highest BCUT2D eigenvalue weighted by Gasteiger charge is 2.23. The number of aromatic nitrogens is 3. The van der Waals surface area contributed by atoms with E-state index in [1.54, 1.807) is 16.6 Å². The molecule has 1 aromatic heterocycles. The number of hydrogen-bond acceptors (Lipinski definition) is 5. The summed E-state index contributed by atoms with van der Waals surface area (Å²) in [5, 5.41) is 8.16. The molecule has 8 heteroatoms. The molecule has 1 atom stereocenters. The number of nitrogens with zero attached hydrogens (tertiary/aromatic N) is 4. The standard InChI is InChI=1S/C17H25N5O2.ClH/c1-11(2)24-15-8-6-14(7-9-15)22-13(4)16(19-20-22)17(23)21(5)12(3)10-18;/h6-9,11-12H,10,18H2,1-5H3;1H. The molecule has 0 spiro atoms. The minimum atomic E-state index is -0.184. The lowest BCUT2D eigenvalue weighted by molar-refractivity contribution is 0.0741. The van der Waals surface area contributed by atoms with Gasteiger partial charge in [-0.2, -0.15) is 0 Å². The van der Waals surface area contributed by atoms with Crippen LogP contribution in [0.25, 0.3) is 5.69 Å². The Hall–Kier alpha value is -2.12. The zero-order chi connectivity index (χ0) is 17.9. The molecule has 0 aliphatic rings. The van der Waals surface area contributed by atoms with Crippen LogP contribution >= 0.6 is 12.4 Å². The van der Waals surface area contributed by atoms with Crippen molar-refractivity contribution in [3.8, 4) is 11.4 Å². The van der Waals surface area contributed by atoms with Crippen molar-refractivity contribution in [2.45, 2.75) is 39.8 Å². The van der Waals surface area contributed by atoms with Gasteiger partial charge >= 0.3 is 0 Å². The largest absolute Gasteiger partial charge is 0.491 e. The van der Waals surface area contributed by atoms with Gasteiger partial charge in [-0.3, -0.25) is 4.79 Å². The molecule has 138 valence electrons. The van der Waals surface area contributed by atoms with Crippen molar-refractivity contribution in [3.05, 3.63) is 35.7 Å². The lowest BCUT2D eigenvalue weighted by atomic mass is 10.2. The Kier molecular flexibility index (Phi) is 7.38. The van der Waals surface area contributed by atoms with E-state index in [-0.39, 0.29) is 30.5 Å². The fourth-order valence-corrected chi connectivity index (χ4v) is 2.24. The lowest BCUT2D eigenvalue weighted by Gasteiger charge is -2.22. The van der Waals surface area contributed by atoms with E-state index in [9.17, 15) is 4.79 Å². The van der Waals surface area contributed by atoms with E-state index in [1.807, 2.05) is 52.0 Å². The van der Waals surface area contributed by atoms with Crippen molar-refractivity contribution >= 4 is 18.3 Å². The number of carbonyl (C=O) groups excluding carboxylic acids is 1. The summed E-state index contributed by atoms with van der Waals surface area (Å²) in [6.45, 7) is 8.07. The third kappa shape index (κ3) is 4.70. The Morgan fingerprint density at radius 2 is 1.88 bits per heavy atom. The summed E-state index contributed by atoms with van der Waals surface area (Å²) in [5.74, 6) is 0.607. The van der Waals surface area contributed by atoms with E-state index in [1.165, 1.54) is 0 Å². The van der Waals surface area contributed by atoms with Crippen molar-refractivity contribution in [2.75, 3.05) is 13.6 Å². The Morgan fingerprint density at radius 3 is 2.40 bits per heavy atom. The van der Waals surface area contributed by atoms with Crippen molar-refractivity contribution in [1.29, 1.82) is 0 Å². The molecule has 0 aliphatic carbocycles. The smallest absolute Gasteiger partial charge is 0.276 e. The number of likely N-dealkylation sites (N-methyl/N-ethyl adjacent to an activating group) is 1. The van der Waals surface area contributed by atoms with E-state index in [4.69, 9.17) is 10.5 Å². The fraction of sp³-hybridized carbons (Fsp3) is 0.471.